The standard InChI is InChI=1S/C27H29ClN2O4/c1-33-17-16-29-27(32)24(18-21-10-4-2-5-11-21)30(19-22-12-6-3-7-13-22)26(31)20-34-25-15-9-8-14-23(25)28/h2-15,24H,16-20H2,1H3,(H,29,32)/t24-/m1/s1. The Labute approximate surface area is 205 Å². The zero-order valence-corrected chi connectivity index (χ0v) is 19.9. The highest BCUT2D eigenvalue weighted by atomic mass is 35.5. The molecule has 0 aliphatic carbocycles. The Morgan fingerprint density at radius 1 is 0.912 bits per heavy atom. The zero-order valence-electron chi connectivity index (χ0n) is 19.2. The number of carbonyl (C=O) groups is 2. The van der Waals surface area contributed by atoms with Crippen LogP contribution in [0.2, 0.25) is 5.02 Å². The number of nitrogens with one attached hydrogen (secondary N) is 1. The summed E-state index contributed by atoms with van der Waals surface area (Å²) in [4.78, 5) is 28.3. The predicted molar refractivity (Wildman–Crippen MR) is 133 cm³/mol. The van der Waals surface area contributed by atoms with E-state index in [-0.39, 0.29) is 25.0 Å². The first kappa shape index (κ1) is 25.3. The minimum Gasteiger partial charge on any atom is -0.482 e. The molecule has 34 heavy (non-hydrogen) atoms. The Morgan fingerprint density at radius 3 is 2.18 bits per heavy atom. The maximum Gasteiger partial charge on any atom is 0.261 e. The fourth-order valence-corrected chi connectivity index (χ4v) is 3.70. The predicted octanol–water partition coefficient (Wildman–Crippen LogP) is 4.12. The van der Waals surface area contributed by atoms with Crippen LogP contribution in [0.3, 0.4) is 0 Å². The van der Waals surface area contributed by atoms with Crippen LogP contribution in [0, 0.1) is 0 Å². The lowest BCUT2D eigenvalue weighted by Crippen LogP contribution is -2.52. The number of para-hydroxylation sites is 1. The van der Waals surface area contributed by atoms with E-state index in [9.17, 15) is 9.59 Å². The highest BCUT2D eigenvalue weighted by Crippen LogP contribution is 2.23. The van der Waals surface area contributed by atoms with Crippen LogP contribution in [0.15, 0.2) is 84.9 Å². The fourth-order valence-electron chi connectivity index (χ4n) is 3.51. The number of ether oxygens (including phenoxy) is 2. The van der Waals surface area contributed by atoms with Crippen molar-refractivity contribution in [2.75, 3.05) is 26.9 Å². The lowest BCUT2D eigenvalue weighted by Gasteiger charge is -2.31. The summed E-state index contributed by atoms with van der Waals surface area (Å²) >= 11 is 6.18. The van der Waals surface area contributed by atoms with Crippen molar-refractivity contribution >= 4 is 23.4 Å². The van der Waals surface area contributed by atoms with Gasteiger partial charge in [-0.15, -0.1) is 0 Å². The summed E-state index contributed by atoms with van der Waals surface area (Å²) in [7, 11) is 1.57. The molecule has 3 aromatic carbocycles. The molecule has 6 nitrogen and oxygen atoms in total. The number of carbonyl (C=O) groups excluding carboxylic acids is 2. The number of amides is 2. The molecule has 0 saturated carbocycles. The van der Waals surface area contributed by atoms with Crippen LogP contribution in [-0.4, -0.2) is 49.6 Å². The Balaban J connectivity index is 1.86. The monoisotopic (exact) mass is 480 g/mol. The van der Waals surface area contributed by atoms with Crippen LogP contribution in [0.25, 0.3) is 0 Å². The van der Waals surface area contributed by atoms with Gasteiger partial charge in [0.05, 0.1) is 11.6 Å². The number of methoxy groups -OCH3 is 1. The molecule has 2 amide bonds. The molecule has 3 aromatic rings. The van der Waals surface area contributed by atoms with Gasteiger partial charge in [0.15, 0.2) is 6.61 Å². The van der Waals surface area contributed by atoms with E-state index in [1.54, 1.807) is 36.3 Å². The Hall–Kier alpha value is -3.35. The molecule has 0 aromatic heterocycles. The van der Waals surface area contributed by atoms with Gasteiger partial charge in [-0.25, -0.2) is 0 Å². The molecular weight excluding hydrogens is 452 g/mol. The molecule has 0 aliphatic rings. The average molecular weight is 481 g/mol. The molecule has 3 rings (SSSR count). The first-order valence-electron chi connectivity index (χ1n) is 11.1. The summed E-state index contributed by atoms with van der Waals surface area (Å²) in [5, 5.41) is 3.31. The largest absolute Gasteiger partial charge is 0.482 e. The van der Waals surface area contributed by atoms with Crippen molar-refractivity contribution in [3.8, 4) is 5.75 Å². The summed E-state index contributed by atoms with van der Waals surface area (Å²) in [5.41, 5.74) is 1.86. The van der Waals surface area contributed by atoms with Crippen molar-refractivity contribution < 1.29 is 19.1 Å². The van der Waals surface area contributed by atoms with Gasteiger partial charge < -0.3 is 19.7 Å². The number of rotatable bonds is 12. The van der Waals surface area contributed by atoms with E-state index < -0.39 is 6.04 Å². The van der Waals surface area contributed by atoms with E-state index in [0.29, 0.717) is 30.3 Å². The average Bonchev–Trinajstić information content (AvgIpc) is 2.87. The van der Waals surface area contributed by atoms with Gasteiger partial charge in [0.25, 0.3) is 5.91 Å². The third kappa shape index (κ3) is 7.61. The first-order valence-corrected chi connectivity index (χ1v) is 11.5. The molecule has 0 radical (unpaired) electrons. The molecule has 0 heterocycles. The summed E-state index contributed by atoms with van der Waals surface area (Å²) in [6, 6.07) is 25.5. The molecular formula is C27H29ClN2O4. The summed E-state index contributed by atoms with van der Waals surface area (Å²) in [6.07, 6.45) is 0.365. The number of halogens is 1. The lowest BCUT2D eigenvalue weighted by atomic mass is 10.0. The van der Waals surface area contributed by atoms with Gasteiger partial charge in [0.2, 0.25) is 5.91 Å². The van der Waals surface area contributed by atoms with Crippen molar-refractivity contribution in [1.29, 1.82) is 0 Å². The number of benzene rings is 3. The number of nitrogens with zero attached hydrogens (tertiary/aromatic N) is 1. The van der Waals surface area contributed by atoms with Gasteiger partial charge in [0.1, 0.15) is 11.8 Å². The maximum atomic E-state index is 13.5. The van der Waals surface area contributed by atoms with Crippen molar-refractivity contribution in [2.24, 2.45) is 0 Å². The second-order valence-corrected chi connectivity index (χ2v) is 8.12. The third-order valence-corrected chi connectivity index (χ3v) is 5.57. The lowest BCUT2D eigenvalue weighted by molar-refractivity contribution is -0.142. The van der Waals surface area contributed by atoms with E-state index in [2.05, 4.69) is 5.32 Å². The SMILES string of the molecule is COCCNC(=O)[C@@H](Cc1ccccc1)N(Cc1ccccc1)C(=O)COc1ccccc1Cl. The summed E-state index contributed by atoms with van der Waals surface area (Å²) in [5.74, 6) is -0.143. The van der Waals surface area contributed by atoms with E-state index in [1.807, 2.05) is 60.7 Å². The third-order valence-electron chi connectivity index (χ3n) is 5.26. The fraction of sp³-hybridized carbons (Fsp3) is 0.259. The second-order valence-electron chi connectivity index (χ2n) is 7.72. The summed E-state index contributed by atoms with van der Waals surface area (Å²) < 4.78 is 10.8. The van der Waals surface area contributed by atoms with Crippen molar-refractivity contribution in [3.05, 3.63) is 101 Å². The minimum absolute atomic E-state index is 0.243. The van der Waals surface area contributed by atoms with E-state index >= 15 is 0 Å². The van der Waals surface area contributed by atoms with E-state index in [0.717, 1.165) is 11.1 Å². The molecule has 1 atom stereocenters. The Bertz CT molecular complexity index is 1050. The molecule has 0 unspecified atom stereocenters. The molecule has 0 fully saturated rings. The van der Waals surface area contributed by atoms with Crippen LogP contribution in [0.4, 0.5) is 0 Å². The molecule has 0 bridgehead atoms. The Morgan fingerprint density at radius 2 is 1.53 bits per heavy atom. The van der Waals surface area contributed by atoms with Gasteiger partial charge in [-0.2, -0.15) is 0 Å². The van der Waals surface area contributed by atoms with Crippen LogP contribution in [-0.2, 0) is 27.3 Å². The van der Waals surface area contributed by atoms with Gasteiger partial charge in [0, 0.05) is 26.6 Å². The van der Waals surface area contributed by atoms with Crippen molar-refractivity contribution in [1.82, 2.24) is 10.2 Å². The van der Waals surface area contributed by atoms with Gasteiger partial charge >= 0.3 is 0 Å². The smallest absolute Gasteiger partial charge is 0.261 e. The van der Waals surface area contributed by atoms with Crippen LogP contribution >= 0.6 is 11.6 Å². The van der Waals surface area contributed by atoms with Gasteiger partial charge in [-0.05, 0) is 23.3 Å². The molecule has 7 heteroatoms. The minimum atomic E-state index is -0.734. The van der Waals surface area contributed by atoms with Crippen molar-refractivity contribution in [2.45, 2.75) is 19.0 Å². The zero-order chi connectivity index (χ0) is 24.2. The van der Waals surface area contributed by atoms with Gasteiger partial charge in [-0.1, -0.05) is 84.4 Å². The molecule has 178 valence electrons. The topological polar surface area (TPSA) is 67.9 Å². The van der Waals surface area contributed by atoms with Gasteiger partial charge in [-0.3, -0.25) is 9.59 Å². The number of hydrogen-bond acceptors (Lipinski definition) is 4. The number of hydrogen-bond donors (Lipinski definition) is 1. The highest BCUT2D eigenvalue weighted by molar-refractivity contribution is 6.32. The van der Waals surface area contributed by atoms with Crippen LogP contribution < -0.4 is 10.1 Å². The van der Waals surface area contributed by atoms with Crippen molar-refractivity contribution in [3.63, 3.8) is 0 Å². The molecule has 0 aliphatic heterocycles. The van der Waals surface area contributed by atoms with E-state index in [1.165, 1.54) is 0 Å². The molecule has 0 saturated heterocycles. The quantitative estimate of drug-likeness (QED) is 0.396. The summed E-state index contributed by atoms with van der Waals surface area (Å²) in [6.45, 7) is 0.754. The second kappa shape index (κ2) is 13.4. The molecule has 0 spiro atoms. The van der Waals surface area contributed by atoms with Crippen LogP contribution in [0.5, 0.6) is 5.75 Å². The molecule has 1 N–H and O–H groups in total. The first-order chi connectivity index (χ1) is 16.6. The Kier molecular flexibility index (Phi) is 9.95. The van der Waals surface area contributed by atoms with Crippen LogP contribution in [0.1, 0.15) is 11.1 Å². The normalized spacial score (nSPS) is 11.5. The van der Waals surface area contributed by atoms with E-state index in [4.69, 9.17) is 21.1 Å². The highest BCUT2D eigenvalue weighted by Gasteiger charge is 2.30. The maximum absolute atomic E-state index is 13.5.